The van der Waals surface area contributed by atoms with Crippen LogP contribution in [0, 0.1) is 0 Å². The minimum atomic E-state index is -0.945. The molecule has 33 heavy (non-hydrogen) atoms. The lowest BCUT2D eigenvalue weighted by atomic mass is 10.1. The number of aliphatic hydroxyl groups is 1. The summed E-state index contributed by atoms with van der Waals surface area (Å²) in [5, 5.41) is 28.8. The molecule has 1 aromatic rings. The number of aliphatic carboxylic acids is 2. The lowest BCUT2D eigenvalue weighted by Crippen LogP contribution is -2.22. The molecule has 1 heterocycles. The Morgan fingerprint density at radius 3 is 2.21 bits per heavy atom. The second-order valence-electron chi connectivity index (χ2n) is 8.68. The Balaban J connectivity index is 2.48. The van der Waals surface area contributed by atoms with Crippen LogP contribution in [0.1, 0.15) is 96.1 Å². The second kappa shape index (κ2) is 17.6. The Bertz CT molecular complexity index is 720. The molecule has 1 aromatic heterocycles. The first kappa shape index (κ1) is 29.2. The van der Waals surface area contributed by atoms with Gasteiger partial charge in [0.1, 0.15) is 0 Å². The Labute approximate surface area is 202 Å². The lowest BCUT2D eigenvalue weighted by Gasteiger charge is -2.18. The van der Waals surface area contributed by atoms with E-state index in [2.05, 4.69) is 18.0 Å². The second-order valence-corrected chi connectivity index (χ2v) is 9.82. The van der Waals surface area contributed by atoms with E-state index < -0.39 is 18.0 Å². The van der Waals surface area contributed by atoms with Crippen molar-refractivity contribution in [2.75, 3.05) is 0 Å². The topological polar surface area (TPSA) is 113 Å². The summed E-state index contributed by atoms with van der Waals surface area (Å²) in [6.07, 6.45) is 18.5. The van der Waals surface area contributed by atoms with Crippen LogP contribution in [0.2, 0.25) is 0 Å². The van der Waals surface area contributed by atoms with E-state index >= 15 is 0 Å². The van der Waals surface area contributed by atoms with Crippen molar-refractivity contribution in [2.24, 2.45) is 7.05 Å². The zero-order valence-corrected chi connectivity index (χ0v) is 21.1. The number of allylic oxidation sites excluding steroid dienone is 1. The molecule has 2 unspecified atom stereocenters. The number of carbonyl (C=O) groups is 2. The molecule has 8 heteroatoms. The first-order valence-electron chi connectivity index (χ1n) is 12.3. The quantitative estimate of drug-likeness (QED) is 0.126. The van der Waals surface area contributed by atoms with E-state index in [1.54, 1.807) is 17.8 Å². The Morgan fingerprint density at radius 2 is 1.64 bits per heavy atom. The number of rotatable bonds is 20. The predicted molar refractivity (Wildman–Crippen MR) is 133 cm³/mol. The summed E-state index contributed by atoms with van der Waals surface area (Å²) in [7, 11) is 1.79. The van der Waals surface area contributed by atoms with Gasteiger partial charge in [0.2, 0.25) is 0 Å². The summed E-state index contributed by atoms with van der Waals surface area (Å²) in [6, 6.07) is 0. The maximum atomic E-state index is 10.9. The molecule has 0 fully saturated rings. The summed E-state index contributed by atoms with van der Waals surface area (Å²) >= 11 is 1.34. The Kier molecular flexibility index (Phi) is 15.6. The zero-order chi connectivity index (χ0) is 24.5. The zero-order valence-electron chi connectivity index (χ0n) is 20.2. The number of aryl methyl sites for hydroxylation is 1. The van der Waals surface area contributed by atoms with Crippen LogP contribution in [0.15, 0.2) is 23.5 Å². The fraction of sp³-hybridized carbons (Fsp3) is 0.720. The third kappa shape index (κ3) is 14.1. The monoisotopic (exact) mass is 482 g/mol. The van der Waals surface area contributed by atoms with E-state index in [1.165, 1.54) is 69.5 Å². The molecule has 7 nitrogen and oxygen atoms in total. The number of imidazole rings is 1. The predicted octanol–water partition coefficient (Wildman–Crippen LogP) is 5.60. The van der Waals surface area contributed by atoms with Gasteiger partial charge in [-0.2, -0.15) is 0 Å². The van der Waals surface area contributed by atoms with Gasteiger partial charge in [-0.15, -0.1) is 0 Å². The van der Waals surface area contributed by atoms with Crippen molar-refractivity contribution in [3.05, 3.63) is 24.0 Å². The molecule has 0 aromatic carbocycles. The first-order chi connectivity index (χ1) is 15.8. The Hall–Kier alpha value is -1.80. The van der Waals surface area contributed by atoms with Crippen LogP contribution < -0.4 is 0 Å². The number of unbranched alkanes of at least 4 members (excludes halogenated alkanes) is 10. The molecule has 0 saturated heterocycles. The average molecular weight is 483 g/mol. The SMILES string of the molecule is CCCCCCCCCCCC/C=C\C(Sc1nc(CC(=O)O)cn1C)C(O)CCC(=O)O. The van der Waals surface area contributed by atoms with E-state index in [0.29, 0.717) is 10.9 Å². The number of carboxylic acids is 2. The number of aliphatic hydroxyl groups excluding tert-OH is 1. The molecule has 188 valence electrons. The first-order valence-corrected chi connectivity index (χ1v) is 13.2. The van der Waals surface area contributed by atoms with Crippen LogP contribution >= 0.6 is 11.8 Å². The number of hydrogen-bond acceptors (Lipinski definition) is 5. The molecule has 0 aliphatic heterocycles. The molecule has 0 aliphatic carbocycles. The number of aromatic nitrogens is 2. The highest BCUT2D eigenvalue weighted by Crippen LogP contribution is 2.28. The smallest absolute Gasteiger partial charge is 0.309 e. The number of thioether (sulfide) groups is 1. The van der Waals surface area contributed by atoms with Crippen LogP contribution in [0.4, 0.5) is 0 Å². The van der Waals surface area contributed by atoms with Crippen LogP contribution in [-0.4, -0.2) is 48.2 Å². The third-order valence-electron chi connectivity index (χ3n) is 5.54. The largest absolute Gasteiger partial charge is 0.481 e. The van der Waals surface area contributed by atoms with Gasteiger partial charge in [-0.1, -0.05) is 88.6 Å². The van der Waals surface area contributed by atoms with Crippen molar-refractivity contribution in [1.29, 1.82) is 0 Å². The van der Waals surface area contributed by atoms with Gasteiger partial charge in [0, 0.05) is 19.7 Å². The van der Waals surface area contributed by atoms with Gasteiger partial charge in [0.25, 0.3) is 0 Å². The summed E-state index contributed by atoms with van der Waals surface area (Å²) in [5.41, 5.74) is 0.459. The van der Waals surface area contributed by atoms with Gasteiger partial charge in [-0.25, -0.2) is 4.98 Å². The molecule has 0 bridgehead atoms. The molecule has 1 rings (SSSR count). The van der Waals surface area contributed by atoms with Crippen LogP contribution in [0.3, 0.4) is 0 Å². The Morgan fingerprint density at radius 1 is 1.03 bits per heavy atom. The van der Waals surface area contributed by atoms with E-state index in [1.807, 2.05) is 6.08 Å². The summed E-state index contributed by atoms with van der Waals surface area (Å²) in [5.74, 6) is -1.88. The highest BCUT2D eigenvalue weighted by molar-refractivity contribution is 8.00. The summed E-state index contributed by atoms with van der Waals surface area (Å²) in [6.45, 7) is 2.24. The van der Waals surface area contributed by atoms with Gasteiger partial charge in [0.05, 0.1) is 23.5 Å². The standard InChI is InChI=1S/C25H42N2O5S/c1-3-4-5-6-7-8-9-10-11-12-13-14-15-22(21(28)16-17-23(29)30)33-25-26-20(18-24(31)32)19-27(25)2/h14-15,19,21-22,28H,3-13,16-18H2,1-2H3,(H,29,30)(H,31,32)/b15-14-. The molecule has 0 spiro atoms. The molecule has 0 radical (unpaired) electrons. The van der Waals surface area contributed by atoms with E-state index in [-0.39, 0.29) is 24.5 Å². The van der Waals surface area contributed by atoms with Gasteiger partial charge in [-0.05, 0) is 19.3 Å². The highest BCUT2D eigenvalue weighted by atomic mass is 32.2. The van der Waals surface area contributed by atoms with E-state index in [9.17, 15) is 14.7 Å². The lowest BCUT2D eigenvalue weighted by molar-refractivity contribution is -0.138. The van der Waals surface area contributed by atoms with Crippen molar-refractivity contribution >= 4 is 23.7 Å². The minimum absolute atomic E-state index is 0.102. The van der Waals surface area contributed by atoms with Crippen molar-refractivity contribution in [3.8, 4) is 0 Å². The van der Waals surface area contributed by atoms with Crippen LogP contribution in [0.25, 0.3) is 0 Å². The minimum Gasteiger partial charge on any atom is -0.481 e. The summed E-state index contributed by atoms with van der Waals surface area (Å²) in [4.78, 5) is 26.2. The van der Waals surface area contributed by atoms with E-state index in [4.69, 9.17) is 10.2 Å². The molecule has 0 aliphatic rings. The number of nitrogens with zero attached hydrogens (tertiary/aromatic N) is 2. The summed E-state index contributed by atoms with van der Waals surface area (Å²) < 4.78 is 1.75. The maximum Gasteiger partial charge on any atom is 0.309 e. The van der Waals surface area contributed by atoms with Crippen LogP contribution in [-0.2, 0) is 23.1 Å². The number of hydrogen-bond donors (Lipinski definition) is 3. The average Bonchev–Trinajstić information content (AvgIpc) is 3.09. The maximum absolute atomic E-state index is 10.9. The van der Waals surface area contributed by atoms with Crippen molar-refractivity contribution in [1.82, 2.24) is 9.55 Å². The van der Waals surface area contributed by atoms with Crippen molar-refractivity contribution in [2.45, 2.75) is 113 Å². The van der Waals surface area contributed by atoms with Gasteiger partial charge >= 0.3 is 11.9 Å². The third-order valence-corrected chi connectivity index (χ3v) is 6.87. The fourth-order valence-corrected chi connectivity index (χ4v) is 4.76. The molecule has 3 N–H and O–H groups in total. The van der Waals surface area contributed by atoms with Crippen molar-refractivity contribution < 1.29 is 24.9 Å². The molecule has 2 atom stereocenters. The van der Waals surface area contributed by atoms with Crippen molar-refractivity contribution in [3.63, 3.8) is 0 Å². The fourth-order valence-electron chi connectivity index (χ4n) is 3.64. The van der Waals surface area contributed by atoms with Crippen LogP contribution in [0.5, 0.6) is 0 Å². The van der Waals surface area contributed by atoms with E-state index in [0.717, 1.165) is 12.8 Å². The normalized spacial score (nSPS) is 13.4. The van der Waals surface area contributed by atoms with Gasteiger partial charge < -0.3 is 19.9 Å². The van der Waals surface area contributed by atoms with Gasteiger partial charge in [0.15, 0.2) is 5.16 Å². The molecule has 0 saturated carbocycles. The molecular formula is C25H42N2O5S. The molecular weight excluding hydrogens is 440 g/mol. The molecule has 0 amide bonds. The highest BCUT2D eigenvalue weighted by Gasteiger charge is 2.21. The van der Waals surface area contributed by atoms with Gasteiger partial charge in [-0.3, -0.25) is 9.59 Å². The number of carboxylic acid groups (broad SMARTS) is 2.